The first-order valence-electron chi connectivity index (χ1n) is 11.3. The third-order valence-electron chi connectivity index (χ3n) is 6.16. The molecule has 35 heavy (non-hydrogen) atoms. The summed E-state index contributed by atoms with van der Waals surface area (Å²) in [6.07, 6.45) is 3.65. The largest absolute Gasteiger partial charge is 0.493 e. The second kappa shape index (κ2) is 9.22. The van der Waals surface area contributed by atoms with Crippen molar-refractivity contribution >= 4 is 5.57 Å². The number of hydrogen-bond acceptors (Lipinski definition) is 7. The second-order valence-corrected chi connectivity index (χ2v) is 8.81. The number of nitrogens with zero attached hydrogens (tertiary/aromatic N) is 5. The molecule has 2 aromatic carbocycles. The van der Waals surface area contributed by atoms with Gasteiger partial charge in [0, 0.05) is 54.2 Å². The van der Waals surface area contributed by atoms with Crippen molar-refractivity contribution in [2.75, 3.05) is 20.7 Å². The molecule has 0 radical (unpaired) electrons. The minimum Gasteiger partial charge on any atom is -0.493 e. The van der Waals surface area contributed by atoms with Gasteiger partial charge in [0.15, 0.2) is 12.0 Å². The minimum absolute atomic E-state index is 0.254. The maximum absolute atomic E-state index is 14.6. The van der Waals surface area contributed by atoms with E-state index in [1.165, 1.54) is 6.07 Å². The number of benzene rings is 2. The van der Waals surface area contributed by atoms with Crippen LogP contribution >= 0.6 is 0 Å². The molecular formula is C26H24FN7O. The number of hydrogen-bond donors (Lipinski definition) is 2. The van der Waals surface area contributed by atoms with E-state index >= 15 is 0 Å². The number of fused-ring (bicyclic) bond motifs is 2. The van der Waals surface area contributed by atoms with Crippen molar-refractivity contribution in [3.8, 4) is 17.9 Å². The summed E-state index contributed by atoms with van der Waals surface area (Å²) >= 11 is 0. The molecule has 0 bridgehead atoms. The number of aromatic nitrogens is 2. The lowest BCUT2D eigenvalue weighted by Crippen LogP contribution is -2.39. The van der Waals surface area contributed by atoms with E-state index in [0.29, 0.717) is 35.6 Å². The van der Waals surface area contributed by atoms with Crippen LogP contribution in [-0.2, 0) is 19.5 Å². The van der Waals surface area contributed by atoms with Gasteiger partial charge < -0.3 is 15.0 Å². The molecule has 0 fully saturated rings. The molecule has 0 aliphatic carbocycles. The summed E-state index contributed by atoms with van der Waals surface area (Å²) in [4.78, 5) is 6.53. The number of imidazole rings is 1. The van der Waals surface area contributed by atoms with Crippen molar-refractivity contribution < 1.29 is 9.13 Å². The van der Waals surface area contributed by atoms with Crippen LogP contribution in [0.1, 0.15) is 45.6 Å². The summed E-state index contributed by atoms with van der Waals surface area (Å²) in [5.41, 5.74) is 4.69. The number of ether oxygens (including phenoxy) is 1. The van der Waals surface area contributed by atoms with Crippen molar-refractivity contribution in [1.29, 1.82) is 10.5 Å². The van der Waals surface area contributed by atoms with E-state index in [1.54, 1.807) is 23.0 Å². The normalized spacial score (nSPS) is 15.9. The molecular weight excluding hydrogens is 445 g/mol. The number of halogens is 1. The van der Waals surface area contributed by atoms with E-state index in [4.69, 9.17) is 4.74 Å². The first-order chi connectivity index (χ1) is 17.0. The molecule has 0 amide bonds. The van der Waals surface area contributed by atoms with Crippen LogP contribution in [0.5, 0.6) is 5.75 Å². The molecule has 3 heterocycles. The first-order valence-corrected chi connectivity index (χ1v) is 11.3. The molecule has 1 atom stereocenters. The van der Waals surface area contributed by atoms with Gasteiger partial charge in [-0.15, -0.1) is 0 Å². The molecule has 5 rings (SSSR count). The van der Waals surface area contributed by atoms with Gasteiger partial charge in [-0.05, 0) is 37.9 Å². The van der Waals surface area contributed by atoms with Crippen LogP contribution in [0.4, 0.5) is 4.39 Å². The molecule has 2 N–H and O–H groups in total. The average Bonchev–Trinajstić information content (AvgIpc) is 3.50. The summed E-state index contributed by atoms with van der Waals surface area (Å²) < 4.78 is 22.0. The summed E-state index contributed by atoms with van der Waals surface area (Å²) in [7, 11) is 3.95. The standard InChI is InChI=1S/C26H24FN7O/c1-33(2)14-16-3-4-19(17(9-16)10-28)22-13-31-26(34-15-18(11-29)32-25(22)34)30-12-21-20-7-8-35-24(20)6-5-23(21)27/h3-6,9,13,15,26,30-31H,7-8,12,14H2,1-2H3. The molecule has 0 saturated heterocycles. The van der Waals surface area contributed by atoms with Crippen LogP contribution in [0.25, 0.3) is 5.57 Å². The molecule has 0 spiro atoms. The van der Waals surface area contributed by atoms with Gasteiger partial charge in [0.1, 0.15) is 23.5 Å². The lowest BCUT2D eigenvalue weighted by molar-refractivity contribution is 0.350. The van der Waals surface area contributed by atoms with Gasteiger partial charge in [-0.25, -0.2) is 9.37 Å². The maximum Gasteiger partial charge on any atom is 0.160 e. The van der Waals surface area contributed by atoms with Crippen LogP contribution in [0.2, 0.25) is 0 Å². The Labute approximate surface area is 202 Å². The van der Waals surface area contributed by atoms with Crippen molar-refractivity contribution in [3.05, 3.63) is 87.9 Å². The Hall–Kier alpha value is -4.18. The van der Waals surface area contributed by atoms with E-state index < -0.39 is 6.29 Å². The van der Waals surface area contributed by atoms with E-state index in [2.05, 4.69) is 27.8 Å². The smallest absolute Gasteiger partial charge is 0.160 e. The van der Waals surface area contributed by atoms with Crippen molar-refractivity contribution in [2.45, 2.75) is 25.8 Å². The molecule has 1 aromatic heterocycles. The molecule has 0 saturated carbocycles. The van der Waals surface area contributed by atoms with E-state index in [1.807, 2.05) is 37.2 Å². The maximum atomic E-state index is 14.6. The zero-order valence-corrected chi connectivity index (χ0v) is 19.5. The third kappa shape index (κ3) is 4.24. The Kier molecular flexibility index (Phi) is 5.96. The molecule has 8 nitrogen and oxygen atoms in total. The fraction of sp³-hybridized carbons (Fsp3) is 0.269. The van der Waals surface area contributed by atoms with Crippen molar-refractivity contribution in [2.24, 2.45) is 0 Å². The highest BCUT2D eigenvalue weighted by Gasteiger charge is 2.27. The molecule has 2 aliphatic rings. The lowest BCUT2D eigenvalue weighted by atomic mass is 9.97. The molecule has 3 aromatic rings. The van der Waals surface area contributed by atoms with Crippen LogP contribution in [-0.4, -0.2) is 35.2 Å². The quantitative estimate of drug-likeness (QED) is 0.572. The van der Waals surface area contributed by atoms with Crippen LogP contribution in [0, 0.1) is 28.5 Å². The Morgan fingerprint density at radius 1 is 1.26 bits per heavy atom. The van der Waals surface area contributed by atoms with Gasteiger partial charge in [0.05, 0.1) is 18.2 Å². The molecule has 176 valence electrons. The first kappa shape index (κ1) is 22.6. The summed E-state index contributed by atoms with van der Waals surface area (Å²) in [5, 5.41) is 25.9. The Morgan fingerprint density at radius 2 is 2.11 bits per heavy atom. The van der Waals surface area contributed by atoms with Crippen LogP contribution in [0.3, 0.4) is 0 Å². The van der Waals surface area contributed by atoms with Crippen LogP contribution in [0.15, 0.2) is 42.7 Å². The van der Waals surface area contributed by atoms with Crippen molar-refractivity contribution in [1.82, 2.24) is 25.1 Å². The average molecular weight is 470 g/mol. The fourth-order valence-corrected chi connectivity index (χ4v) is 4.59. The van der Waals surface area contributed by atoms with Gasteiger partial charge in [0.2, 0.25) is 0 Å². The number of rotatable bonds is 6. The van der Waals surface area contributed by atoms with Gasteiger partial charge in [-0.2, -0.15) is 10.5 Å². The Balaban J connectivity index is 1.46. The lowest BCUT2D eigenvalue weighted by Gasteiger charge is -2.28. The molecule has 1 unspecified atom stereocenters. The highest BCUT2D eigenvalue weighted by Crippen LogP contribution is 2.32. The number of nitriles is 2. The highest BCUT2D eigenvalue weighted by atomic mass is 19.1. The zero-order valence-electron chi connectivity index (χ0n) is 19.5. The van der Waals surface area contributed by atoms with Crippen molar-refractivity contribution in [3.63, 3.8) is 0 Å². The van der Waals surface area contributed by atoms with E-state index in [-0.39, 0.29) is 18.1 Å². The second-order valence-electron chi connectivity index (χ2n) is 8.81. The molecule has 9 heteroatoms. The Bertz CT molecular complexity index is 1410. The van der Waals surface area contributed by atoms with Gasteiger partial charge >= 0.3 is 0 Å². The molecule has 2 aliphatic heterocycles. The predicted octanol–water partition coefficient (Wildman–Crippen LogP) is 3.00. The predicted molar refractivity (Wildman–Crippen MR) is 127 cm³/mol. The minimum atomic E-state index is -0.459. The van der Waals surface area contributed by atoms with Gasteiger partial charge in [-0.3, -0.25) is 9.88 Å². The SMILES string of the molecule is CN(C)Cc1ccc(C2=CNC(NCc3c(F)ccc4c3CCO4)n3cc(C#N)nc32)c(C#N)c1. The van der Waals surface area contributed by atoms with E-state index in [0.717, 1.165) is 29.0 Å². The zero-order chi connectivity index (χ0) is 24.5. The monoisotopic (exact) mass is 469 g/mol. The fourth-order valence-electron chi connectivity index (χ4n) is 4.59. The van der Waals surface area contributed by atoms with Gasteiger partial charge in [0.25, 0.3) is 0 Å². The van der Waals surface area contributed by atoms with E-state index in [9.17, 15) is 14.9 Å². The summed E-state index contributed by atoms with van der Waals surface area (Å²) in [5.74, 6) is 0.990. The topological polar surface area (TPSA) is 102 Å². The number of nitrogens with one attached hydrogen (secondary N) is 2. The summed E-state index contributed by atoms with van der Waals surface area (Å²) in [6.45, 7) is 1.53. The Morgan fingerprint density at radius 3 is 2.89 bits per heavy atom. The van der Waals surface area contributed by atoms with Crippen LogP contribution < -0.4 is 15.4 Å². The third-order valence-corrected chi connectivity index (χ3v) is 6.16. The van der Waals surface area contributed by atoms with Gasteiger partial charge in [-0.1, -0.05) is 12.1 Å². The summed E-state index contributed by atoms with van der Waals surface area (Å²) in [6, 6.07) is 13.2. The highest BCUT2D eigenvalue weighted by molar-refractivity contribution is 5.80.